The van der Waals surface area contributed by atoms with Crippen molar-refractivity contribution >= 4 is 0 Å². The molecule has 0 heterocycles. The smallest absolute Gasteiger partial charge is 0.0931 e. The van der Waals surface area contributed by atoms with E-state index in [-0.39, 0.29) is 6.73 Å². The van der Waals surface area contributed by atoms with Crippen LogP contribution in [0.25, 0.3) is 0 Å². The average molecular weight is 115 g/mol. The van der Waals surface area contributed by atoms with E-state index in [2.05, 4.69) is 12.2 Å². The summed E-state index contributed by atoms with van der Waals surface area (Å²) in [4.78, 5) is 0. The lowest BCUT2D eigenvalue weighted by molar-refractivity contribution is 0.249. The number of nitrogens with one attached hydrogen (secondary N) is 1. The van der Waals surface area contributed by atoms with Gasteiger partial charge in [-0.15, -0.1) is 0 Å². The van der Waals surface area contributed by atoms with Gasteiger partial charge in [0.1, 0.15) is 0 Å². The first kappa shape index (κ1) is 6.05. The van der Waals surface area contributed by atoms with Crippen molar-refractivity contribution in [2.24, 2.45) is 5.41 Å². The van der Waals surface area contributed by atoms with Crippen LogP contribution < -0.4 is 5.32 Å². The van der Waals surface area contributed by atoms with Gasteiger partial charge in [-0.05, 0) is 18.3 Å². The van der Waals surface area contributed by atoms with Crippen LogP contribution in [0.15, 0.2) is 0 Å². The molecular weight excluding hydrogens is 102 g/mol. The number of aliphatic hydroxyl groups is 1. The molecule has 0 aromatic heterocycles. The highest BCUT2D eigenvalue weighted by Crippen LogP contribution is 2.43. The van der Waals surface area contributed by atoms with Crippen LogP contribution in [-0.2, 0) is 0 Å². The molecule has 0 bridgehead atoms. The summed E-state index contributed by atoms with van der Waals surface area (Å²) in [6, 6.07) is 0. The molecule has 0 radical (unpaired) electrons. The van der Waals surface area contributed by atoms with Crippen molar-refractivity contribution in [1.29, 1.82) is 0 Å². The Kier molecular flexibility index (Phi) is 1.54. The average Bonchev–Trinajstić information content (AvgIpc) is 2.45. The maximum absolute atomic E-state index is 8.35. The molecule has 0 aliphatic heterocycles. The zero-order valence-electron chi connectivity index (χ0n) is 5.28. The van der Waals surface area contributed by atoms with E-state index in [0.717, 1.165) is 6.54 Å². The lowest BCUT2D eigenvalue weighted by Gasteiger charge is -2.05. The minimum Gasteiger partial charge on any atom is -0.381 e. The van der Waals surface area contributed by atoms with E-state index in [0.29, 0.717) is 5.41 Å². The molecule has 2 N–H and O–H groups in total. The Morgan fingerprint density at radius 2 is 2.25 bits per heavy atom. The Balaban J connectivity index is 2.01. The van der Waals surface area contributed by atoms with Crippen molar-refractivity contribution in [3.63, 3.8) is 0 Å². The topological polar surface area (TPSA) is 32.3 Å². The minimum atomic E-state index is 0.121. The molecule has 1 aliphatic carbocycles. The van der Waals surface area contributed by atoms with Crippen LogP contribution in [0.1, 0.15) is 19.8 Å². The van der Waals surface area contributed by atoms with E-state index in [4.69, 9.17) is 5.11 Å². The van der Waals surface area contributed by atoms with E-state index in [9.17, 15) is 0 Å². The monoisotopic (exact) mass is 115 g/mol. The number of aliphatic hydroxyl groups excluding tert-OH is 1. The zero-order chi connectivity index (χ0) is 6.04. The van der Waals surface area contributed by atoms with Crippen LogP contribution in [-0.4, -0.2) is 18.4 Å². The van der Waals surface area contributed by atoms with Gasteiger partial charge in [0.25, 0.3) is 0 Å². The third-order valence-corrected chi connectivity index (χ3v) is 1.77. The van der Waals surface area contributed by atoms with Gasteiger partial charge < -0.3 is 5.11 Å². The predicted molar refractivity (Wildman–Crippen MR) is 32.4 cm³/mol. The highest BCUT2D eigenvalue weighted by atomic mass is 16.3. The Bertz CT molecular complexity index is 78.6. The van der Waals surface area contributed by atoms with Crippen molar-refractivity contribution in [3.8, 4) is 0 Å². The fourth-order valence-corrected chi connectivity index (χ4v) is 0.748. The van der Waals surface area contributed by atoms with Gasteiger partial charge in [-0.3, -0.25) is 5.32 Å². The second-order valence-corrected chi connectivity index (χ2v) is 2.90. The summed E-state index contributed by atoms with van der Waals surface area (Å²) >= 11 is 0. The SMILES string of the molecule is CC1(CNCO)CC1. The van der Waals surface area contributed by atoms with Crippen LogP contribution in [0.3, 0.4) is 0 Å². The maximum atomic E-state index is 8.35. The Morgan fingerprint density at radius 3 is 2.62 bits per heavy atom. The van der Waals surface area contributed by atoms with Crippen molar-refractivity contribution in [2.75, 3.05) is 13.3 Å². The van der Waals surface area contributed by atoms with Crippen molar-refractivity contribution in [1.82, 2.24) is 5.32 Å². The molecule has 2 nitrogen and oxygen atoms in total. The van der Waals surface area contributed by atoms with Gasteiger partial charge in [-0.2, -0.15) is 0 Å². The van der Waals surface area contributed by atoms with E-state index in [1.165, 1.54) is 12.8 Å². The largest absolute Gasteiger partial charge is 0.381 e. The second-order valence-electron chi connectivity index (χ2n) is 2.90. The maximum Gasteiger partial charge on any atom is 0.0931 e. The third kappa shape index (κ3) is 1.46. The summed E-state index contributed by atoms with van der Waals surface area (Å²) in [5, 5.41) is 11.3. The Morgan fingerprint density at radius 1 is 1.62 bits per heavy atom. The molecule has 2 heteroatoms. The van der Waals surface area contributed by atoms with E-state index < -0.39 is 0 Å². The molecule has 0 saturated heterocycles. The summed E-state index contributed by atoms with van der Waals surface area (Å²) in [5.74, 6) is 0. The molecule has 0 amide bonds. The standard InChI is InChI=1S/C6H13NO/c1-6(2-3-6)4-7-5-8/h7-8H,2-5H2,1H3. The molecule has 0 unspecified atom stereocenters. The predicted octanol–water partition coefficient (Wildman–Crippen LogP) is 0.326. The van der Waals surface area contributed by atoms with E-state index >= 15 is 0 Å². The summed E-state index contributed by atoms with van der Waals surface area (Å²) < 4.78 is 0. The normalized spacial score (nSPS) is 23.2. The van der Waals surface area contributed by atoms with Crippen LogP contribution >= 0.6 is 0 Å². The lowest BCUT2D eigenvalue weighted by Crippen LogP contribution is -2.22. The second kappa shape index (κ2) is 2.03. The summed E-state index contributed by atoms with van der Waals surface area (Å²) in [6.45, 7) is 3.33. The lowest BCUT2D eigenvalue weighted by atomic mass is 10.1. The minimum absolute atomic E-state index is 0.121. The van der Waals surface area contributed by atoms with Crippen LogP contribution in [0.5, 0.6) is 0 Å². The summed E-state index contributed by atoms with van der Waals surface area (Å²) in [7, 11) is 0. The van der Waals surface area contributed by atoms with Gasteiger partial charge in [-0.25, -0.2) is 0 Å². The zero-order valence-corrected chi connectivity index (χ0v) is 5.28. The highest BCUT2D eigenvalue weighted by molar-refractivity contribution is 4.89. The Labute approximate surface area is 49.9 Å². The van der Waals surface area contributed by atoms with Crippen LogP contribution in [0.4, 0.5) is 0 Å². The van der Waals surface area contributed by atoms with Gasteiger partial charge in [0, 0.05) is 6.54 Å². The molecule has 0 aromatic rings. The molecule has 0 aromatic carbocycles. The van der Waals surface area contributed by atoms with Crippen molar-refractivity contribution < 1.29 is 5.11 Å². The van der Waals surface area contributed by atoms with E-state index in [1.807, 2.05) is 0 Å². The van der Waals surface area contributed by atoms with Crippen molar-refractivity contribution in [2.45, 2.75) is 19.8 Å². The molecule has 1 fully saturated rings. The highest BCUT2D eigenvalue weighted by Gasteiger charge is 2.36. The molecule has 8 heavy (non-hydrogen) atoms. The molecule has 1 rings (SSSR count). The molecule has 48 valence electrons. The van der Waals surface area contributed by atoms with Crippen LogP contribution in [0, 0.1) is 5.41 Å². The molecule has 0 spiro atoms. The van der Waals surface area contributed by atoms with Crippen molar-refractivity contribution in [3.05, 3.63) is 0 Å². The molecular formula is C6H13NO. The first-order valence-electron chi connectivity index (χ1n) is 3.08. The summed E-state index contributed by atoms with van der Waals surface area (Å²) in [5.41, 5.74) is 0.530. The van der Waals surface area contributed by atoms with Gasteiger partial charge in [0.05, 0.1) is 6.73 Å². The Hall–Kier alpha value is -0.0800. The first-order valence-corrected chi connectivity index (χ1v) is 3.08. The number of hydrogen-bond acceptors (Lipinski definition) is 2. The third-order valence-electron chi connectivity index (χ3n) is 1.77. The fraction of sp³-hybridized carbons (Fsp3) is 1.00. The van der Waals surface area contributed by atoms with Gasteiger partial charge in [0.15, 0.2) is 0 Å². The van der Waals surface area contributed by atoms with E-state index in [1.54, 1.807) is 0 Å². The van der Waals surface area contributed by atoms with Gasteiger partial charge in [0.2, 0.25) is 0 Å². The fourth-order valence-electron chi connectivity index (χ4n) is 0.748. The molecule has 1 saturated carbocycles. The summed E-state index contributed by atoms with van der Waals surface area (Å²) in [6.07, 6.45) is 2.64. The van der Waals surface area contributed by atoms with Gasteiger partial charge >= 0.3 is 0 Å². The van der Waals surface area contributed by atoms with Gasteiger partial charge in [-0.1, -0.05) is 6.92 Å². The molecule has 1 aliphatic rings. The quantitative estimate of drug-likeness (QED) is 0.519. The first-order chi connectivity index (χ1) is 3.77. The van der Waals surface area contributed by atoms with Crippen LogP contribution in [0.2, 0.25) is 0 Å². The molecule has 0 atom stereocenters. The number of rotatable bonds is 3. The number of hydrogen-bond donors (Lipinski definition) is 2.